The van der Waals surface area contributed by atoms with Crippen LogP contribution in [0.25, 0.3) is 10.8 Å². The van der Waals surface area contributed by atoms with E-state index in [0.717, 1.165) is 29.3 Å². The molecule has 1 fully saturated rings. The molecule has 4 N–H and O–H groups in total. The van der Waals surface area contributed by atoms with Gasteiger partial charge in [0.15, 0.2) is 0 Å². The molecule has 3 atom stereocenters. The first-order valence-electron chi connectivity index (χ1n) is 14.0. The maximum atomic E-state index is 13.8. The third-order valence-electron chi connectivity index (χ3n) is 6.86. The van der Waals surface area contributed by atoms with Gasteiger partial charge in [0.1, 0.15) is 6.04 Å². The summed E-state index contributed by atoms with van der Waals surface area (Å²) in [6.45, 7) is 13.3. The number of halogens is 1. The number of aliphatic hydroxyl groups is 1. The van der Waals surface area contributed by atoms with Crippen LogP contribution in [-0.4, -0.2) is 72.1 Å². The SMILES string of the molecule is CC(C)(C)CNCC(O)CNC(=O)[C@@H](Cc1ccc2ccccc2c1)N(C(=O)[C@@H]1CCCN1)C(=O)C(C)(C)C.Cl. The van der Waals surface area contributed by atoms with Gasteiger partial charge in [0.05, 0.1) is 12.1 Å². The summed E-state index contributed by atoms with van der Waals surface area (Å²) in [6, 6.07) is 12.3. The minimum Gasteiger partial charge on any atom is -0.390 e. The Morgan fingerprint density at radius 2 is 1.70 bits per heavy atom. The Morgan fingerprint density at radius 3 is 2.30 bits per heavy atom. The highest BCUT2D eigenvalue weighted by atomic mass is 35.5. The highest BCUT2D eigenvalue weighted by molar-refractivity contribution is 6.04. The lowest BCUT2D eigenvalue weighted by Gasteiger charge is -2.35. The standard InChI is InChI=1S/C31H46N4O4.ClH/c1-30(2,3)20-32-18-24(36)19-34-27(37)26(17-21-13-14-22-10-7-8-11-23(22)16-21)35(29(39)31(4,5)6)28(38)25-12-9-15-33-25;/h7-8,10-11,13-14,16,24-26,32-33,36H,9,12,15,17-20H2,1-6H3,(H,34,37);1H/t24?,25-,26+;/m0./s1. The van der Waals surface area contributed by atoms with E-state index in [-0.39, 0.29) is 36.7 Å². The van der Waals surface area contributed by atoms with E-state index < -0.39 is 35.4 Å². The Labute approximate surface area is 245 Å². The van der Waals surface area contributed by atoms with Crippen LogP contribution in [0, 0.1) is 10.8 Å². The molecule has 0 saturated carbocycles. The van der Waals surface area contributed by atoms with Gasteiger partial charge in [0.2, 0.25) is 17.7 Å². The largest absolute Gasteiger partial charge is 0.390 e. The zero-order valence-electron chi connectivity index (χ0n) is 24.8. The fourth-order valence-corrected chi connectivity index (χ4v) is 4.73. The van der Waals surface area contributed by atoms with Crippen molar-refractivity contribution in [1.29, 1.82) is 0 Å². The van der Waals surface area contributed by atoms with E-state index in [0.29, 0.717) is 19.5 Å². The van der Waals surface area contributed by atoms with Crippen molar-refractivity contribution in [2.45, 2.75) is 79.0 Å². The van der Waals surface area contributed by atoms with Crippen LogP contribution in [-0.2, 0) is 20.8 Å². The van der Waals surface area contributed by atoms with Crippen LogP contribution in [0.3, 0.4) is 0 Å². The van der Waals surface area contributed by atoms with Crippen LogP contribution in [0.15, 0.2) is 42.5 Å². The summed E-state index contributed by atoms with van der Waals surface area (Å²) in [5.41, 5.74) is 0.0447. The number of nitrogens with one attached hydrogen (secondary N) is 3. The number of aliphatic hydroxyl groups excluding tert-OH is 1. The maximum absolute atomic E-state index is 13.8. The van der Waals surface area contributed by atoms with Crippen LogP contribution in [0.4, 0.5) is 0 Å². The smallest absolute Gasteiger partial charge is 0.247 e. The van der Waals surface area contributed by atoms with Crippen molar-refractivity contribution < 1.29 is 19.5 Å². The van der Waals surface area contributed by atoms with Gasteiger partial charge in [-0.1, -0.05) is 84.0 Å². The summed E-state index contributed by atoms with van der Waals surface area (Å²) in [5.74, 6) is -1.22. The van der Waals surface area contributed by atoms with E-state index >= 15 is 0 Å². The van der Waals surface area contributed by atoms with Crippen molar-refractivity contribution in [3.63, 3.8) is 0 Å². The lowest BCUT2D eigenvalue weighted by Crippen LogP contribution is -2.60. The molecule has 0 aliphatic carbocycles. The Bertz CT molecular complexity index is 1150. The lowest BCUT2D eigenvalue weighted by atomic mass is 9.91. The molecule has 0 radical (unpaired) electrons. The monoisotopic (exact) mass is 574 g/mol. The second-order valence-electron chi connectivity index (χ2n) is 12.9. The molecule has 1 saturated heterocycles. The summed E-state index contributed by atoms with van der Waals surface area (Å²) < 4.78 is 0. The van der Waals surface area contributed by atoms with Crippen LogP contribution in [0.5, 0.6) is 0 Å². The topological polar surface area (TPSA) is 111 Å². The molecule has 3 rings (SSSR count). The summed E-state index contributed by atoms with van der Waals surface area (Å²) in [7, 11) is 0. The van der Waals surface area contributed by atoms with Crippen molar-refractivity contribution in [3.8, 4) is 0 Å². The van der Waals surface area contributed by atoms with Gasteiger partial charge in [0, 0.05) is 31.5 Å². The third kappa shape index (κ3) is 9.54. The molecule has 1 aliphatic rings. The van der Waals surface area contributed by atoms with Crippen LogP contribution < -0.4 is 16.0 Å². The van der Waals surface area contributed by atoms with E-state index in [1.165, 1.54) is 4.90 Å². The predicted molar refractivity (Wildman–Crippen MR) is 162 cm³/mol. The van der Waals surface area contributed by atoms with Gasteiger partial charge in [-0.15, -0.1) is 12.4 Å². The van der Waals surface area contributed by atoms with Crippen molar-refractivity contribution in [1.82, 2.24) is 20.9 Å². The fourth-order valence-electron chi connectivity index (χ4n) is 4.73. The molecule has 0 bridgehead atoms. The Hall–Kier alpha value is -2.52. The molecule has 3 amide bonds. The molecule has 0 spiro atoms. The van der Waals surface area contributed by atoms with Gasteiger partial charge < -0.3 is 21.1 Å². The van der Waals surface area contributed by atoms with Crippen LogP contribution >= 0.6 is 12.4 Å². The number of nitrogens with zero attached hydrogens (tertiary/aromatic N) is 1. The summed E-state index contributed by atoms with van der Waals surface area (Å²) >= 11 is 0. The average Bonchev–Trinajstić information content (AvgIpc) is 3.40. The first-order chi connectivity index (χ1) is 18.3. The van der Waals surface area contributed by atoms with Gasteiger partial charge >= 0.3 is 0 Å². The summed E-state index contributed by atoms with van der Waals surface area (Å²) in [5, 5.41) is 21.8. The summed E-state index contributed by atoms with van der Waals surface area (Å²) in [4.78, 5) is 42.4. The van der Waals surface area contributed by atoms with Crippen molar-refractivity contribution in [2.75, 3.05) is 26.2 Å². The summed E-state index contributed by atoms with van der Waals surface area (Å²) in [6.07, 6.45) is 0.824. The zero-order valence-corrected chi connectivity index (χ0v) is 25.6. The predicted octanol–water partition coefficient (Wildman–Crippen LogP) is 3.44. The van der Waals surface area contributed by atoms with Gasteiger partial charge in [-0.2, -0.15) is 0 Å². The number of carbonyl (C=O) groups excluding carboxylic acids is 3. The molecule has 9 heteroatoms. The molecule has 40 heavy (non-hydrogen) atoms. The number of imide groups is 1. The molecule has 1 heterocycles. The van der Waals surface area contributed by atoms with Crippen molar-refractivity contribution >= 4 is 40.9 Å². The van der Waals surface area contributed by atoms with Gasteiger partial charge in [-0.05, 0) is 41.1 Å². The minimum absolute atomic E-state index is 0. The lowest BCUT2D eigenvalue weighted by molar-refractivity contribution is -0.157. The number of hydrogen-bond acceptors (Lipinski definition) is 6. The third-order valence-corrected chi connectivity index (χ3v) is 6.86. The maximum Gasteiger partial charge on any atom is 0.247 e. The molecule has 0 aromatic heterocycles. The molecule has 8 nitrogen and oxygen atoms in total. The van der Waals surface area contributed by atoms with E-state index in [9.17, 15) is 19.5 Å². The quantitative estimate of drug-likeness (QED) is 0.346. The zero-order chi connectivity index (χ0) is 28.8. The van der Waals surface area contributed by atoms with Gasteiger partial charge in [-0.3, -0.25) is 19.3 Å². The van der Waals surface area contributed by atoms with E-state index in [1.807, 2.05) is 42.5 Å². The molecular weight excluding hydrogens is 528 g/mol. The molecule has 2 aromatic rings. The molecular formula is C31H47ClN4O4. The first kappa shape index (κ1) is 33.7. The van der Waals surface area contributed by atoms with E-state index in [1.54, 1.807) is 20.8 Å². The number of hydrogen-bond donors (Lipinski definition) is 4. The molecule has 1 aliphatic heterocycles. The van der Waals surface area contributed by atoms with Crippen LogP contribution in [0.1, 0.15) is 59.9 Å². The number of carbonyl (C=O) groups is 3. The number of benzene rings is 2. The van der Waals surface area contributed by atoms with Gasteiger partial charge in [0.25, 0.3) is 0 Å². The Morgan fingerprint density at radius 1 is 1.02 bits per heavy atom. The minimum atomic E-state index is -1.05. The normalized spacial score (nSPS) is 17.1. The highest BCUT2D eigenvalue weighted by Crippen LogP contribution is 2.25. The highest BCUT2D eigenvalue weighted by Gasteiger charge is 2.42. The number of rotatable bonds is 10. The Kier molecular flexibility index (Phi) is 12.1. The van der Waals surface area contributed by atoms with E-state index in [2.05, 4.69) is 36.7 Å². The number of fused-ring (bicyclic) bond motifs is 1. The van der Waals surface area contributed by atoms with E-state index in [4.69, 9.17) is 0 Å². The fraction of sp³-hybridized carbons (Fsp3) is 0.581. The second-order valence-corrected chi connectivity index (χ2v) is 12.9. The Balaban J connectivity index is 0.00000560. The van der Waals surface area contributed by atoms with Crippen molar-refractivity contribution in [2.24, 2.45) is 10.8 Å². The molecule has 2 aromatic carbocycles. The molecule has 222 valence electrons. The number of amides is 3. The van der Waals surface area contributed by atoms with Crippen molar-refractivity contribution in [3.05, 3.63) is 48.0 Å². The van der Waals surface area contributed by atoms with Crippen LogP contribution in [0.2, 0.25) is 0 Å². The second kappa shape index (κ2) is 14.4. The first-order valence-corrected chi connectivity index (χ1v) is 14.0. The molecule has 1 unspecified atom stereocenters. The average molecular weight is 575 g/mol. The van der Waals surface area contributed by atoms with Gasteiger partial charge in [-0.25, -0.2) is 0 Å².